The van der Waals surface area contributed by atoms with Crippen LogP contribution >= 0.6 is 22.9 Å². The second kappa shape index (κ2) is 8.88. The van der Waals surface area contributed by atoms with E-state index in [9.17, 15) is 4.79 Å². The van der Waals surface area contributed by atoms with Crippen LogP contribution < -0.4 is 14.8 Å². The van der Waals surface area contributed by atoms with Gasteiger partial charge in [-0.15, -0.1) is 11.3 Å². The Kier molecular flexibility index (Phi) is 6.32. The highest BCUT2D eigenvalue weighted by Crippen LogP contribution is 2.36. The van der Waals surface area contributed by atoms with Crippen LogP contribution in [0.1, 0.15) is 23.0 Å². The van der Waals surface area contributed by atoms with Gasteiger partial charge in [0.15, 0.2) is 11.5 Å². The highest BCUT2D eigenvalue weighted by molar-refractivity contribution is 7.13. The molecule has 5 nitrogen and oxygen atoms in total. The largest absolute Gasteiger partial charge is 0.493 e. The van der Waals surface area contributed by atoms with Crippen LogP contribution in [0.2, 0.25) is 5.02 Å². The molecule has 1 N–H and O–H groups in total. The Morgan fingerprint density at radius 1 is 1.26 bits per heavy atom. The van der Waals surface area contributed by atoms with Gasteiger partial charge in [0.05, 0.1) is 31.0 Å². The lowest BCUT2D eigenvalue weighted by Crippen LogP contribution is -2.23. The van der Waals surface area contributed by atoms with Crippen molar-refractivity contribution in [2.75, 3.05) is 13.7 Å². The van der Waals surface area contributed by atoms with Crippen molar-refractivity contribution in [2.24, 2.45) is 0 Å². The number of nitrogens with one attached hydrogen (secondary N) is 1. The number of rotatable bonds is 7. The monoisotopic (exact) mass is 402 g/mol. The van der Waals surface area contributed by atoms with Gasteiger partial charge in [-0.05, 0) is 19.1 Å². The molecule has 0 saturated heterocycles. The quantitative estimate of drug-likeness (QED) is 0.616. The first-order chi connectivity index (χ1) is 13.1. The minimum Gasteiger partial charge on any atom is -0.493 e. The lowest BCUT2D eigenvalue weighted by molar-refractivity contribution is 0.0950. The van der Waals surface area contributed by atoms with Crippen LogP contribution in [0.4, 0.5) is 0 Å². The molecule has 140 valence electrons. The van der Waals surface area contributed by atoms with Gasteiger partial charge in [0, 0.05) is 16.5 Å². The first kappa shape index (κ1) is 19.2. The van der Waals surface area contributed by atoms with E-state index in [-0.39, 0.29) is 5.91 Å². The van der Waals surface area contributed by atoms with E-state index >= 15 is 0 Å². The van der Waals surface area contributed by atoms with E-state index < -0.39 is 0 Å². The van der Waals surface area contributed by atoms with Crippen molar-refractivity contribution in [3.63, 3.8) is 0 Å². The summed E-state index contributed by atoms with van der Waals surface area (Å²) in [5.74, 6) is 0.604. The number of hydrogen-bond acceptors (Lipinski definition) is 5. The molecule has 1 heterocycles. The SMILES string of the molecule is CCOc1c(Cl)cc(C(=O)NCc2csc(-c3ccccc3)n2)cc1OC. The zero-order chi connectivity index (χ0) is 19.2. The second-order valence-corrected chi connectivity index (χ2v) is 6.88. The van der Waals surface area contributed by atoms with Gasteiger partial charge in [-0.2, -0.15) is 0 Å². The Bertz CT molecular complexity index is 928. The number of halogens is 1. The third kappa shape index (κ3) is 4.59. The zero-order valence-corrected chi connectivity index (χ0v) is 16.6. The molecule has 3 aromatic rings. The molecule has 0 spiro atoms. The van der Waals surface area contributed by atoms with E-state index in [0.717, 1.165) is 16.3 Å². The Morgan fingerprint density at radius 3 is 2.74 bits per heavy atom. The second-order valence-electron chi connectivity index (χ2n) is 5.62. The van der Waals surface area contributed by atoms with Crippen LogP contribution in [-0.4, -0.2) is 24.6 Å². The fourth-order valence-electron chi connectivity index (χ4n) is 2.51. The van der Waals surface area contributed by atoms with Gasteiger partial charge in [0.1, 0.15) is 5.01 Å². The molecule has 0 aliphatic heterocycles. The number of methoxy groups -OCH3 is 1. The van der Waals surface area contributed by atoms with Gasteiger partial charge in [0.2, 0.25) is 0 Å². The number of benzene rings is 2. The number of amides is 1. The zero-order valence-electron chi connectivity index (χ0n) is 15.0. The lowest BCUT2D eigenvalue weighted by Gasteiger charge is -2.13. The molecule has 0 fully saturated rings. The number of ether oxygens (including phenoxy) is 2. The van der Waals surface area contributed by atoms with Crippen LogP contribution in [0.3, 0.4) is 0 Å². The van der Waals surface area contributed by atoms with Crippen molar-refractivity contribution in [3.05, 3.63) is 64.1 Å². The molecule has 27 heavy (non-hydrogen) atoms. The summed E-state index contributed by atoms with van der Waals surface area (Å²) >= 11 is 7.77. The van der Waals surface area contributed by atoms with E-state index in [2.05, 4.69) is 10.3 Å². The number of hydrogen-bond donors (Lipinski definition) is 1. The number of carbonyl (C=O) groups excluding carboxylic acids is 1. The van der Waals surface area contributed by atoms with Crippen molar-refractivity contribution in [1.82, 2.24) is 10.3 Å². The Labute approximate surface area is 166 Å². The molecule has 2 aromatic carbocycles. The molecule has 0 aliphatic rings. The number of nitrogens with zero attached hydrogens (tertiary/aromatic N) is 1. The summed E-state index contributed by atoms with van der Waals surface area (Å²) < 4.78 is 10.8. The molecular weight excluding hydrogens is 384 g/mol. The third-order valence-electron chi connectivity index (χ3n) is 3.78. The first-order valence-corrected chi connectivity index (χ1v) is 9.66. The van der Waals surface area contributed by atoms with Crippen molar-refractivity contribution in [2.45, 2.75) is 13.5 Å². The fourth-order valence-corrected chi connectivity index (χ4v) is 3.60. The lowest BCUT2D eigenvalue weighted by atomic mass is 10.2. The van der Waals surface area contributed by atoms with Gasteiger partial charge in [-0.25, -0.2) is 4.98 Å². The normalized spacial score (nSPS) is 10.5. The summed E-state index contributed by atoms with van der Waals surface area (Å²) in [7, 11) is 1.51. The fraction of sp³-hybridized carbons (Fsp3) is 0.200. The van der Waals surface area contributed by atoms with Crippen LogP contribution in [0.25, 0.3) is 10.6 Å². The molecule has 0 radical (unpaired) electrons. The molecule has 0 aliphatic carbocycles. The molecule has 0 bridgehead atoms. The van der Waals surface area contributed by atoms with E-state index in [0.29, 0.717) is 35.2 Å². The standard InChI is InChI=1S/C20H19ClN2O3S/c1-3-26-18-16(21)9-14(10-17(18)25-2)19(24)22-11-15-12-27-20(23-15)13-7-5-4-6-8-13/h4-10,12H,3,11H2,1-2H3,(H,22,24). The summed E-state index contributed by atoms with van der Waals surface area (Å²) in [5.41, 5.74) is 2.26. The molecule has 1 aromatic heterocycles. The van der Waals surface area contributed by atoms with Crippen LogP contribution in [0.5, 0.6) is 11.5 Å². The summed E-state index contributed by atoms with van der Waals surface area (Å²) in [4.78, 5) is 17.1. The van der Waals surface area contributed by atoms with Gasteiger partial charge in [0.25, 0.3) is 5.91 Å². The van der Waals surface area contributed by atoms with Crippen molar-refractivity contribution in [1.29, 1.82) is 0 Å². The summed E-state index contributed by atoms with van der Waals surface area (Å²) in [6.45, 7) is 2.64. The predicted octanol–water partition coefficient (Wildman–Crippen LogP) is 4.80. The third-order valence-corrected chi connectivity index (χ3v) is 5.00. The van der Waals surface area contributed by atoms with E-state index in [1.165, 1.54) is 7.11 Å². The minimum absolute atomic E-state index is 0.257. The Hall–Kier alpha value is -2.57. The number of thiazole rings is 1. The van der Waals surface area contributed by atoms with Crippen LogP contribution in [0, 0.1) is 0 Å². The summed E-state index contributed by atoms with van der Waals surface area (Å²) in [5, 5.41) is 6.06. The average Bonchev–Trinajstić information content (AvgIpc) is 3.17. The van der Waals surface area contributed by atoms with E-state index in [1.54, 1.807) is 23.5 Å². The van der Waals surface area contributed by atoms with Gasteiger partial charge in [-0.1, -0.05) is 41.9 Å². The highest BCUT2D eigenvalue weighted by Gasteiger charge is 2.16. The minimum atomic E-state index is -0.257. The number of aromatic nitrogens is 1. The average molecular weight is 403 g/mol. The molecule has 0 unspecified atom stereocenters. The van der Waals surface area contributed by atoms with Crippen molar-refractivity contribution < 1.29 is 14.3 Å². The molecule has 0 atom stereocenters. The molecule has 1 amide bonds. The van der Waals surface area contributed by atoms with Gasteiger partial charge in [-0.3, -0.25) is 4.79 Å². The Morgan fingerprint density at radius 2 is 2.04 bits per heavy atom. The number of carbonyl (C=O) groups is 1. The molecule has 7 heteroatoms. The van der Waals surface area contributed by atoms with E-state index in [4.69, 9.17) is 21.1 Å². The first-order valence-electron chi connectivity index (χ1n) is 8.40. The maximum absolute atomic E-state index is 12.5. The predicted molar refractivity (Wildman–Crippen MR) is 108 cm³/mol. The Balaban J connectivity index is 1.69. The van der Waals surface area contributed by atoms with Gasteiger partial charge >= 0.3 is 0 Å². The molecule has 3 rings (SSSR count). The molecule has 0 saturated carbocycles. The molecular formula is C20H19ClN2O3S. The smallest absolute Gasteiger partial charge is 0.251 e. The van der Waals surface area contributed by atoms with Gasteiger partial charge < -0.3 is 14.8 Å². The van der Waals surface area contributed by atoms with E-state index in [1.807, 2.05) is 42.6 Å². The summed E-state index contributed by atoms with van der Waals surface area (Å²) in [6.07, 6.45) is 0. The highest BCUT2D eigenvalue weighted by atomic mass is 35.5. The van der Waals surface area contributed by atoms with Crippen LogP contribution in [0.15, 0.2) is 47.8 Å². The maximum Gasteiger partial charge on any atom is 0.251 e. The van der Waals surface area contributed by atoms with Crippen LogP contribution in [-0.2, 0) is 6.54 Å². The topological polar surface area (TPSA) is 60.5 Å². The van der Waals surface area contributed by atoms with Crippen molar-refractivity contribution in [3.8, 4) is 22.1 Å². The summed E-state index contributed by atoms with van der Waals surface area (Å²) in [6, 6.07) is 13.1. The maximum atomic E-state index is 12.5. The van der Waals surface area contributed by atoms with Crippen molar-refractivity contribution >= 4 is 28.8 Å².